The summed E-state index contributed by atoms with van der Waals surface area (Å²) in [6.45, 7) is 5.37. The normalized spacial score (nSPS) is 14.1. The highest BCUT2D eigenvalue weighted by atomic mass is 32.2. The molecule has 0 radical (unpaired) electrons. The van der Waals surface area contributed by atoms with E-state index >= 15 is 0 Å². The molecule has 144 valence electrons. The first kappa shape index (κ1) is 19.8. The quantitative estimate of drug-likeness (QED) is 0.410. The number of rotatable bonds is 8. The van der Waals surface area contributed by atoms with Gasteiger partial charge in [-0.15, -0.1) is 10.2 Å². The molecule has 3 rings (SSSR count). The smallest absolute Gasteiger partial charge is 0.223 e. The SMILES string of the molecule is COCCNc1nnc(S[C@@H](C)C(=O)c2ccc3c(c2)CCN3C(C)=O)s1. The Bertz CT molecular complexity index is 840. The molecule has 1 aliphatic heterocycles. The van der Waals surface area contributed by atoms with E-state index in [0.717, 1.165) is 27.1 Å². The Hall–Kier alpha value is -1.97. The molecule has 7 nitrogen and oxygen atoms in total. The topological polar surface area (TPSA) is 84.4 Å². The number of carbonyl (C=O) groups is 2. The maximum Gasteiger partial charge on any atom is 0.223 e. The van der Waals surface area contributed by atoms with Gasteiger partial charge in [-0.2, -0.15) is 0 Å². The Kier molecular flexibility index (Phi) is 6.46. The van der Waals surface area contributed by atoms with Crippen LogP contribution in [0.1, 0.15) is 29.8 Å². The molecule has 1 aromatic heterocycles. The summed E-state index contributed by atoms with van der Waals surface area (Å²) < 4.78 is 5.74. The number of amides is 1. The molecule has 0 aliphatic carbocycles. The lowest BCUT2D eigenvalue weighted by atomic mass is 10.0. The summed E-state index contributed by atoms with van der Waals surface area (Å²) in [5.41, 5.74) is 2.63. The van der Waals surface area contributed by atoms with Crippen LogP contribution >= 0.6 is 23.1 Å². The Labute approximate surface area is 166 Å². The number of thioether (sulfide) groups is 1. The Balaban J connectivity index is 1.63. The van der Waals surface area contributed by atoms with Crippen LogP contribution in [0.3, 0.4) is 0 Å². The second-order valence-electron chi connectivity index (χ2n) is 6.18. The number of aromatic nitrogens is 2. The Morgan fingerprint density at radius 2 is 2.22 bits per heavy atom. The number of ketones is 1. The zero-order valence-corrected chi connectivity index (χ0v) is 17.2. The van der Waals surface area contributed by atoms with Gasteiger partial charge >= 0.3 is 0 Å². The Morgan fingerprint density at radius 3 is 2.96 bits per heavy atom. The number of methoxy groups -OCH3 is 1. The van der Waals surface area contributed by atoms with Crippen molar-refractivity contribution in [3.63, 3.8) is 0 Å². The van der Waals surface area contributed by atoms with Crippen LogP contribution in [0.5, 0.6) is 0 Å². The molecule has 0 bridgehead atoms. The molecule has 1 amide bonds. The third-order valence-electron chi connectivity index (χ3n) is 4.28. The van der Waals surface area contributed by atoms with Crippen molar-refractivity contribution < 1.29 is 14.3 Å². The van der Waals surface area contributed by atoms with Gasteiger partial charge in [0.15, 0.2) is 10.1 Å². The number of anilines is 2. The minimum absolute atomic E-state index is 0.0305. The van der Waals surface area contributed by atoms with Gasteiger partial charge in [0.1, 0.15) is 0 Å². The lowest BCUT2D eigenvalue weighted by molar-refractivity contribution is -0.116. The minimum atomic E-state index is -0.270. The van der Waals surface area contributed by atoms with E-state index in [0.29, 0.717) is 25.3 Å². The number of ether oxygens (including phenoxy) is 1. The van der Waals surface area contributed by atoms with E-state index in [1.807, 2.05) is 19.1 Å². The average Bonchev–Trinajstić information content (AvgIpc) is 3.27. The molecule has 0 fully saturated rings. The Morgan fingerprint density at radius 1 is 1.41 bits per heavy atom. The zero-order valence-electron chi connectivity index (χ0n) is 15.5. The third kappa shape index (κ3) is 4.66. The number of benzene rings is 1. The van der Waals surface area contributed by atoms with Crippen LogP contribution in [0.25, 0.3) is 0 Å². The molecular formula is C18H22N4O3S2. The van der Waals surface area contributed by atoms with Crippen molar-refractivity contribution in [2.45, 2.75) is 29.9 Å². The largest absolute Gasteiger partial charge is 0.383 e. The van der Waals surface area contributed by atoms with Gasteiger partial charge in [-0.1, -0.05) is 23.1 Å². The molecule has 1 aromatic carbocycles. The van der Waals surface area contributed by atoms with Crippen molar-refractivity contribution in [2.24, 2.45) is 0 Å². The van der Waals surface area contributed by atoms with E-state index in [1.165, 1.54) is 23.1 Å². The van der Waals surface area contributed by atoms with Gasteiger partial charge in [-0.3, -0.25) is 9.59 Å². The highest BCUT2D eigenvalue weighted by molar-refractivity contribution is 8.02. The summed E-state index contributed by atoms with van der Waals surface area (Å²) >= 11 is 2.83. The summed E-state index contributed by atoms with van der Waals surface area (Å²) in [5, 5.41) is 11.8. The van der Waals surface area contributed by atoms with Gasteiger partial charge in [0, 0.05) is 38.4 Å². The standard InChI is InChI=1S/C18H22N4O3S2/c1-11(26-18-21-20-17(27-18)19-7-9-25-3)16(24)14-4-5-15-13(10-14)6-8-22(15)12(2)23/h4-5,10-11H,6-9H2,1-3H3,(H,19,20)/t11-/m0/s1. The van der Waals surface area contributed by atoms with Gasteiger partial charge in [-0.05, 0) is 37.1 Å². The summed E-state index contributed by atoms with van der Waals surface area (Å²) in [4.78, 5) is 26.2. The van der Waals surface area contributed by atoms with E-state index in [1.54, 1.807) is 25.0 Å². The van der Waals surface area contributed by atoms with Crippen molar-refractivity contribution in [1.82, 2.24) is 10.2 Å². The van der Waals surface area contributed by atoms with Gasteiger partial charge in [0.25, 0.3) is 0 Å². The van der Waals surface area contributed by atoms with Gasteiger partial charge < -0.3 is 15.0 Å². The molecule has 1 atom stereocenters. The number of fused-ring (bicyclic) bond motifs is 1. The van der Waals surface area contributed by atoms with Crippen LogP contribution < -0.4 is 10.2 Å². The van der Waals surface area contributed by atoms with Crippen LogP contribution in [0.2, 0.25) is 0 Å². The van der Waals surface area contributed by atoms with Crippen LogP contribution in [-0.2, 0) is 16.0 Å². The van der Waals surface area contributed by atoms with Gasteiger partial charge in [-0.25, -0.2) is 0 Å². The van der Waals surface area contributed by atoms with E-state index in [-0.39, 0.29) is 16.9 Å². The van der Waals surface area contributed by atoms with Crippen LogP contribution in [0, 0.1) is 0 Å². The van der Waals surface area contributed by atoms with E-state index < -0.39 is 0 Å². The molecule has 27 heavy (non-hydrogen) atoms. The lowest BCUT2D eigenvalue weighted by Gasteiger charge is -2.15. The third-order valence-corrected chi connectivity index (χ3v) is 6.34. The first-order valence-electron chi connectivity index (χ1n) is 8.68. The number of Topliss-reactive ketones (excluding diaryl/α,β-unsaturated/α-hetero) is 1. The van der Waals surface area contributed by atoms with Crippen molar-refractivity contribution in [1.29, 1.82) is 0 Å². The van der Waals surface area contributed by atoms with Crippen molar-refractivity contribution in [3.05, 3.63) is 29.3 Å². The maximum atomic E-state index is 12.8. The molecule has 1 N–H and O–H groups in total. The molecule has 0 saturated heterocycles. The van der Waals surface area contributed by atoms with E-state index in [2.05, 4.69) is 15.5 Å². The zero-order chi connectivity index (χ0) is 19.4. The molecule has 0 spiro atoms. The van der Waals surface area contributed by atoms with Crippen LogP contribution in [0.4, 0.5) is 10.8 Å². The fourth-order valence-corrected chi connectivity index (χ4v) is 4.91. The van der Waals surface area contributed by atoms with Crippen molar-refractivity contribution in [2.75, 3.05) is 37.0 Å². The molecule has 1 aliphatic rings. The molecule has 2 aromatic rings. The van der Waals surface area contributed by atoms with E-state index in [9.17, 15) is 9.59 Å². The van der Waals surface area contributed by atoms with Crippen LogP contribution in [0.15, 0.2) is 22.5 Å². The number of nitrogens with one attached hydrogen (secondary N) is 1. The average molecular weight is 407 g/mol. The summed E-state index contributed by atoms with van der Waals surface area (Å²) in [7, 11) is 1.65. The predicted octanol–water partition coefficient (Wildman–Crippen LogP) is 2.87. The second kappa shape index (κ2) is 8.81. The molecule has 9 heteroatoms. The number of carbonyl (C=O) groups excluding carboxylic acids is 2. The number of hydrogen-bond donors (Lipinski definition) is 1. The lowest BCUT2D eigenvalue weighted by Crippen LogP contribution is -2.25. The van der Waals surface area contributed by atoms with E-state index in [4.69, 9.17) is 4.74 Å². The summed E-state index contributed by atoms with van der Waals surface area (Å²) in [5.74, 6) is 0.0797. The second-order valence-corrected chi connectivity index (χ2v) is 8.75. The fraction of sp³-hybridized carbons (Fsp3) is 0.444. The van der Waals surface area contributed by atoms with Crippen molar-refractivity contribution in [3.8, 4) is 0 Å². The molecule has 2 heterocycles. The molecular weight excluding hydrogens is 384 g/mol. The fourth-order valence-electron chi connectivity index (χ4n) is 2.91. The first-order valence-corrected chi connectivity index (χ1v) is 10.4. The van der Waals surface area contributed by atoms with Gasteiger partial charge in [0.2, 0.25) is 11.0 Å². The summed E-state index contributed by atoms with van der Waals surface area (Å²) in [6.07, 6.45) is 0.782. The predicted molar refractivity (Wildman–Crippen MR) is 108 cm³/mol. The maximum absolute atomic E-state index is 12.8. The monoisotopic (exact) mass is 406 g/mol. The van der Waals surface area contributed by atoms with Crippen LogP contribution in [-0.4, -0.2) is 53.9 Å². The highest BCUT2D eigenvalue weighted by Crippen LogP contribution is 2.33. The van der Waals surface area contributed by atoms with Crippen molar-refractivity contribution >= 4 is 45.6 Å². The molecule has 0 unspecified atom stereocenters. The minimum Gasteiger partial charge on any atom is -0.383 e. The number of nitrogens with zero attached hydrogens (tertiary/aromatic N) is 3. The highest BCUT2D eigenvalue weighted by Gasteiger charge is 2.25. The molecule has 0 saturated carbocycles. The first-order chi connectivity index (χ1) is 13.0. The van der Waals surface area contributed by atoms with Gasteiger partial charge in [0.05, 0.1) is 11.9 Å². The number of hydrogen-bond acceptors (Lipinski definition) is 8. The summed E-state index contributed by atoms with van der Waals surface area (Å²) in [6, 6.07) is 5.59.